The second-order valence-corrected chi connectivity index (χ2v) is 26.4. The zero-order valence-electron chi connectivity index (χ0n) is 54.1. The van der Waals surface area contributed by atoms with Gasteiger partial charge in [-0.05, 0) is 111 Å². The van der Waals surface area contributed by atoms with Crippen molar-refractivity contribution < 1.29 is 57.2 Å². The molecule has 4 aromatic rings. The van der Waals surface area contributed by atoms with Crippen LogP contribution in [0.5, 0.6) is 28.7 Å². The van der Waals surface area contributed by atoms with E-state index < -0.39 is 52.6 Å². The summed E-state index contributed by atoms with van der Waals surface area (Å²) in [4.78, 5) is 108. The summed E-state index contributed by atoms with van der Waals surface area (Å²) in [5.41, 5.74) is 3.32. The van der Waals surface area contributed by atoms with Crippen molar-refractivity contribution in [2.24, 2.45) is 32.1 Å². The van der Waals surface area contributed by atoms with Gasteiger partial charge >= 0.3 is 0 Å². The summed E-state index contributed by atoms with van der Waals surface area (Å²) in [6.45, 7) is 21.3. The van der Waals surface area contributed by atoms with Gasteiger partial charge in [0.15, 0.2) is 23.0 Å². The van der Waals surface area contributed by atoms with E-state index >= 15 is 0 Å². The Morgan fingerprint density at radius 1 is 0.600 bits per heavy atom. The van der Waals surface area contributed by atoms with Gasteiger partial charge in [-0.15, -0.1) is 0 Å². The first kappa shape index (κ1) is 65.4. The van der Waals surface area contributed by atoms with Crippen LogP contribution in [0.4, 0.5) is 17.1 Å². The minimum absolute atomic E-state index is 0.133. The van der Waals surface area contributed by atoms with Gasteiger partial charge in [0.1, 0.15) is 17.8 Å². The number of ether oxygens (including phenoxy) is 5. The Bertz CT molecular complexity index is 3620. The molecule has 6 atom stereocenters. The first-order valence-corrected chi connectivity index (χ1v) is 30.7. The minimum atomic E-state index is -1.09. The molecule has 0 saturated heterocycles. The number of hydrogen-bond acceptors (Lipinski definition) is 14. The number of methoxy groups -OCH3 is 3. The Balaban J connectivity index is 0.790. The van der Waals surface area contributed by atoms with Crippen molar-refractivity contribution in [1.29, 1.82) is 0 Å². The molecule has 0 fully saturated rings. The first-order chi connectivity index (χ1) is 42.6. The number of fused-ring (bicyclic) bond motifs is 4. The lowest BCUT2D eigenvalue weighted by Crippen LogP contribution is -2.57. The van der Waals surface area contributed by atoms with Crippen molar-refractivity contribution >= 4 is 82.0 Å². The van der Waals surface area contributed by atoms with Crippen LogP contribution in [0.25, 0.3) is 11.1 Å². The van der Waals surface area contributed by atoms with E-state index in [-0.39, 0.29) is 47.1 Å². The lowest BCUT2D eigenvalue weighted by Gasteiger charge is -2.40. The molecule has 20 nitrogen and oxygen atoms in total. The predicted molar refractivity (Wildman–Crippen MR) is 346 cm³/mol. The van der Waals surface area contributed by atoms with Crippen LogP contribution in [0.15, 0.2) is 107 Å². The van der Waals surface area contributed by atoms with Crippen molar-refractivity contribution in [2.75, 3.05) is 39.9 Å². The molecule has 0 aliphatic carbocycles. The average molecular weight is 1230 g/mol. The van der Waals surface area contributed by atoms with Crippen LogP contribution in [-0.2, 0) is 24.0 Å². The number of anilines is 1. The Hall–Kier alpha value is -9.07. The van der Waals surface area contributed by atoms with E-state index in [0.717, 1.165) is 52.2 Å². The highest BCUT2D eigenvalue weighted by molar-refractivity contribution is 6.13. The molecule has 90 heavy (non-hydrogen) atoms. The van der Waals surface area contributed by atoms with Gasteiger partial charge in [0.05, 0.1) is 69.1 Å². The minimum Gasteiger partial charge on any atom is -0.497 e. The summed E-state index contributed by atoms with van der Waals surface area (Å²) in [7, 11) is 4.74. The topological polar surface area (TPSA) is 236 Å². The molecule has 0 bridgehead atoms. The quantitative estimate of drug-likeness (QED) is 0.0526. The Kier molecular flexibility index (Phi) is 19.0. The van der Waals surface area contributed by atoms with E-state index in [1.165, 1.54) is 12.2 Å². The Labute approximate surface area is 527 Å². The van der Waals surface area contributed by atoms with E-state index in [4.69, 9.17) is 33.7 Å². The highest BCUT2D eigenvalue weighted by Crippen LogP contribution is 2.46. The maximum Gasteiger partial charge on any atom is 0.260 e. The van der Waals surface area contributed by atoms with Crippen molar-refractivity contribution in [2.45, 2.75) is 144 Å². The summed E-state index contributed by atoms with van der Waals surface area (Å²) in [5.74, 6) is -0.557. The van der Waals surface area contributed by atoms with Crippen LogP contribution < -0.4 is 39.6 Å². The van der Waals surface area contributed by atoms with Gasteiger partial charge < -0.3 is 49.4 Å². The van der Waals surface area contributed by atoms with Gasteiger partial charge in [0.25, 0.3) is 23.6 Å². The fraction of sp³-hybridized carbons (Fsp3) is 0.443. The van der Waals surface area contributed by atoms with E-state index in [9.17, 15) is 33.6 Å². The summed E-state index contributed by atoms with van der Waals surface area (Å²) in [5, 5.41) is 8.44. The highest BCUT2D eigenvalue weighted by atomic mass is 16.5. The zero-order valence-corrected chi connectivity index (χ0v) is 54.1. The van der Waals surface area contributed by atoms with Crippen LogP contribution in [0.3, 0.4) is 0 Å². The summed E-state index contributed by atoms with van der Waals surface area (Å²) < 4.78 is 30.3. The van der Waals surface area contributed by atoms with Gasteiger partial charge in [-0.3, -0.25) is 48.4 Å². The molecule has 20 heteroatoms. The molecular formula is C70H84N8O12. The number of carbonyl (C=O) groups excluding carboxylic acids is 7. The molecule has 0 radical (unpaired) electrons. The van der Waals surface area contributed by atoms with Crippen LogP contribution >= 0.6 is 0 Å². The van der Waals surface area contributed by atoms with E-state index in [2.05, 4.69) is 43.6 Å². The molecule has 476 valence electrons. The number of carbonyl (C=O) groups is 7. The van der Waals surface area contributed by atoms with E-state index in [1.807, 2.05) is 55.0 Å². The van der Waals surface area contributed by atoms with Gasteiger partial charge in [0.2, 0.25) is 17.7 Å². The van der Waals surface area contributed by atoms with E-state index in [1.54, 1.807) is 122 Å². The number of benzene rings is 4. The summed E-state index contributed by atoms with van der Waals surface area (Å²) in [6, 6.07) is 19.4. The zero-order chi connectivity index (χ0) is 65.2. The number of nitrogens with one attached hydrogen (secondary N) is 3. The molecule has 0 saturated carbocycles. The van der Waals surface area contributed by atoms with E-state index in [0.29, 0.717) is 77.2 Å². The molecule has 6 unspecified atom stereocenters. The number of aliphatic imine (C=N–C) groups is 2. The molecule has 9 rings (SSSR count). The number of nitrogens with zero attached hydrogens (tertiary/aromatic N) is 5. The number of rotatable bonds is 25. The van der Waals surface area contributed by atoms with Gasteiger partial charge in [-0.2, -0.15) is 0 Å². The molecule has 3 N–H and O–H groups in total. The van der Waals surface area contributed by atoms with Gasteiger partial charge in [-0.1, -0.05) is 79.7 Å². The third-order valence-electron chi connectivity index (χ3n) is 18.0. The third-order valence-corrected chi connectivity index (χ3v) is 18.0. The van der Waals surface area contributed by atoms with Crippen LogP contribution in [-0.4, -0.2) is 133 Å². The lowest BCUT2D eigenvalue weighted by atomic mass is 9.71. The van der Waals surface area contributed by atoms with Crippen LogP contribution in [0, 0.1) is 22.2 Å². The largest absolute Gasteiger partial charge is 0.497 e. The Morgan fingerprint density at radius 3 is 1.50 bits per heavy atom. The molecule has 0 aromatic heterocycles. The maximum absolute atomic E-state index is 14.4. The smallest absolute Gasteiger partial charge is 0.260 e. The number of amides is 7. The highest BCUT2D eigenvalue weighted by Gasteiger charge is 2.45. The molecular weight excluding hydrogens is 1140 g/mol. The molecule has 0 spiro atoms. The van der Waals surface area contributed by atoms with Crippen molar-refractivity contribution in [3.63, 3.8) is 0 Å². The maximum atomic E-state index is 14.4. The van der Waals surface area contributed by atoms with Crippen molar-refractivity contribution in [1.82, 2.24) is 25.3 Å². The van der Waals surface area contributed by atoms with Crippen LogP contribution in [0.2, 0.25) is 0 Å². The normalized spacial score (nSPS) is 18.9. The number of imide groups is 1. The summed E-state index contributed by atoms with van der Waals surface area (Å²) in [6.07, 6.45) is 13.3. The monoisotopic (exact) mass is 1230 g/mol. The predicted octanol–water partition coefficient (Wildman–Crippen LogP) is 11.0. The average Bonchev–Trinajstić information content (AvgIpc) is 1.60. The fourth-order valence-electron chi connectivity index (χ4n) is 12.5. The number of hydrogen-bond donors (Lipinski definition) is 3. The molecule has 5 aliphatic heterocycles. The lowest BCUT2D eigenvalue weighted by molar-refractivity contribution is -0.146. The molecule has 4 aromatic carbocycles. The molecule has 5 aliphatic rings. The summed E-state index contributed by atoms with van der Waals surface area (Å²) >= 11 is 0. The Morgan fingerprint density at radius 2 is 1.07 bits per heavy atom. The molecule has 5 heterocycles. The van der Waals surface area contributed by atoms with Crippen molar-refractivity contribution in [3.05, 3.63) is 120 Å². The second kappa shape index (κ2) is 26.2. The third kappa shape index (κ3) is 13.9. The van der Waals surface area contributed by atoms with Crippen molar-refractivity contribution in [3.8, 4) is 28.7 Å². The SMILES string of the molecule is CCC(C)(COc1cc2c(cc1OC)C(=O)N1C=C(c3ccc(NC(=O)C(C)NC(=O)C(NC(=O)C(C)(C)CC(C)(C)N4C(=O)C=CC4=O)C(C)C)cc3)CC1C=N2)CC(C)(CC)COc1cc2c(cc1OC)C(=O)N1C=C(c3ccc(OC)cc3)CC1C=N2. The van der Waals surface area contributed by atoms with Gasteiger partial charge in [0, 0.05) is 89.4 Å². The van der Waals surface area contributed by atoms with Crippen LogP contribution in [0.1, 0.15) is 147 Å². The second-order valence-electron chi connectivity index (χ2n) is 26.4. The standard InChI is InChI=1S/C70H84N8O12/c1-15-69(10,38-70(11,16-2)40-90-58-32-54-52(30-56(58)88-14)65(84)77-36-46(28-49(77)34-72-54)44-19-23-50(86-12)24-20-44)39-89-57-31-53-51(29-55(57)87-13)64(83)76-35-45(27-48(76)33-71-53)43-17-21-47(22-18-43)74-62(81)42(5)73-63(82)61(41(3)4)75-66(85)67(6,7)37-68(8,9)78-59(79)25-26-60(78)80/h17-26,29-36,41-42,48-49,61H,15-16,27-28,37-40H2,1-14H3,(H,73,82)(H,74,81)(H,75,85). The first-order valence-electron chi connectivity index (χ1n) is 30.7. The fourth-order valence-corrected chi connectivity index (χ4v) is 12.5. The van der Waals surface area contributed by atoms with Gasteiger partial charge in [-0.25, -0.2) is 0 Å². The molecule has 7 amide bonds.